The molecule has 0 spiro atoms. The van der Waals surface area contributed by atoms with Crippen LogP contribution in [0, 0.1) is 11.8 Å². The Kier molecular flexibility index (Phi) is 17.3. The first-order valence-electron chi connectivity index (χ1n) is 15.2. The van der Waals surface area contributed by atoms with E-state index in [2.05, 4.69) is 178 Å². The molecule has 0 heteroatoms. The molecule has 0 aliphatic carbocycles. The summed E-state index contributed by atoms with van der Waals surface area (Å²) in [6.45, 7) is 22.0. The highest BCUT2D eigenvalue weighted by molar-refractivity contribution is 5.34. The molecular weight excluding hydrogens is 480 g/mol. The number of rotatable bonds is 6. The van der Waals surface area contributed by atoms with E-state index in [-0.39, 0.29) is 0 Å². The molecule has 0 radical (unpaired) electrons. The summed E-state index contributed by atoms with van der Waals surface area (Å²) in [5.41, 5.74) is 8.50. The first kappa shape index (κ1) is 34.9. The van der Waals surface area contributed by atoms with E-state index < -0.39 is 0 Å². The van der Waals surface area contributed by atoms with Gasteiger partial charge in [-0.15, -0.1) is 0 Å². The largest absolute Gasteiger partial charge is 0.0630 e. The smallest absolute Gasteiger partial charge is 0.00229 e. The molecule has 0 aromatic heterocycles. The molecule has 0 saturated heterocycles. The monoisotopic (exact) mass is 536 g/mol. The van der Waals surface area contributed by atoms with Crippen LogP contribution in [0.15, 0.2) is 109 Å². The zero-order valence-electron chi connectivity index (χ0n) is 27.1. The Morgan fingerprint density at radius 1 is 0.400 bits per heavy atom. The average molecular weight is 537 g/mol. The van der Waals surface area contributed by atoms with Gasteiger partial charge in [0.15, 0.2) is 0 Å². The van der Waals surface area contributed by atoms with Crippen LogP contribution in [0.1, 0.15) is 114 Å². The van der Waals surface area contributed by atoms with Crippen molar-refractivity contribution in [3.63, 3.8) is 0 Å². The van der Waals surface area contributed by atoms with Gasteiger partial charge in [0.25, 0.3) is 0 Å². The molecule has 40 heavy (non-hydrogen) atoms. The second-order valence-electron chi connectivity index (χ2n) is 12.5. The average Bonchev–Trinajstić information content (AvgIpc) is 2.90. The fraction of sp³-hybridized carbons (Fsp3) is 0.400. The van der Waals surface area contributed by atoms with Crippen LogP contribution < -0.4 is 0 Å². The quantitative estimate of drug-likeness (QED) is 0.230. The molecule has 4 aromatic carbocycles. The van der Waals surface area contributed by atoms with Crippen molar-refractivity contribution in [1.82, 2.24) is 0 Å². The molecule has 0 atom stereocenters. The van der Waals surface area contributed by atoms with Crippen molar-refractivity contribution in [1.29, 1.82) is 0 Å². The highest BCUT2D eigenvalue weighted by Gasteiger charge is 2.06. The van der Waals surface area contributed by atoms with Crippen LogP contribution in [-0.2, 0) is 12.8 Å². The summed E-state index contributed by atoms with van der Waals surface area (Å²) >= 11 is 0. The van der Waals surface area contributed by atoms with E-state index in [1.807, 2.05) is 0 Å². The maximum Gasteiger partial charge on any atom is -0.00229 e. The number of hydrogen-bond acceptors (Lipinski definition) is 0. The highest BCUT2D eigenvalue weighted by atomic mass is 14.1. The van der Waals surface area contributed by atoms with Gasteiger partial charge < -0.3 is 0 Å². The minimum Gasteiger partial charge on any atom is -0.0630 e. The van der Waals surface area contributed by atoms with Gasteiger partial charge in [0.1, 0.15) is 0 Å². The van der Waals surface area contributed by atoms with Crippen molar-refractivity contribution in [2.75, 3.05) is 0 Å². The van der Waals surface area contributed by atoms with E-state index >= 15 is 0 Å². The molecular formula is C40H56. The zero-order valence-corrected chi connectivity index (χ0v) is 27.1. The van der Waals surface area contributed by atoms with E-state index in [1.165, 1.54) is 33.4 Å². The minimum absolute atomic E-state index is 0.597. The minimum atomic E-state index is 0.597. The van der Waals surface area contributed by atoms with Gasteiger partial charge in [-0.1, -0.05) is 178 Å². The predicted octanol–water partition coefficient (Wildman–Crippen LogP) is 12.1. The van der Waals surface area contributed by atoms with E-state index in [9.17, 15) is 0 Å². The lowest BCUT2D eigenvalue weighted by Gasteiger charge is -2.12. The summed E-state index contributed by atoms with van der Waals surface area (Å²) in [6, 6.07) is 38.9. The number of benzene rings is 4. The van der Waals surface area contributed by atoms with E-state index in [0.717, 1.165) is 24.7 Å². The predicted molar refractivity (Wildman–Crippen MR) is 181 cm³/mol. The second kappa shape index (κ2) is 19.9. The molecule has 216 valence electrons. The standard InChI is InChI=1S/2C16H18.2C4H10/c1-13(2)16-11-7-6-10-15(16)12-14-8-4-3-5-9-14;1-13(2)16-10-6-9-15(12-16)11-14-7-4-3-5-8-14;2*1-4(2)3/h3-11,13H,12H2,1-2H3;3-10,12-13H,11H2,1-2H3;2*4H,1-3H3. The van der Waals surface area contributed by atoms with Crippen LogP contribution in [-0.4, -0.2) is 0 Å². The Morgan fingerprint density at radius 3 is 1.30 bits per heavy atom. The van der Waals surface area contributed by atoms with Crippen molar-refractivity contribution >= 4 is 0 Å². The van der Waals surface area contributed by atoms with Gasteiger partial charge in [0.05, 0.1) is 0 Å². The molecule has 0 fully saturated rings. The van der Waals surface area contributed by atoms with Gasteiger partial charge in [-0.05, 0) is 69.9 Å². The molecule has 0 saturated carbocycles. The van der Waals surface area contributed by atoms with Crippen molar-refractivity contribution < 1.29 is 0 Å². The summed E-state index contributed by atoms with van der Waals surface area (Å²) in [5.74, 6) is 2.87. The molecule has 0 bridgehead atoms. The van der Waals surface area contributed by atoms with Crippen molar-refractivity contribution in [3.05, 3.63) is 143 Å². The fourth-order valence-corrected chi connectivity index (χ4v) is 3.97. The van der Waals surface area contributed by atoms with Gasteiger partial charge >= 0.3 is 0 Å². The molecule has 4 aromatic rings. The molecule has 0 heterocycles. The summed E-state index contributed by atoms with van der Waals surface area (Å²) in [6.07, 6.45) is 2.07. The van der Waals surface area contributed by atoms with Crippen molar-refractivity contribution in [3.8, 4) is 0 Å². The molecule has 0 unspecified atom stereocenters. The zero-order chi connectivity index (χ0) is 29.9. The van der Waals surface area contributed by atoms with Gasteiger partial charge in [0, 0.05) is 0 Å². The third kappa shape index (κ3) is 16.1. The van der Waals surface area contributed by atoms with E-state index in [0.29, 0.717) is 11.8 Å². The lowest BCUT2D eigenvalue weighted by molar-refractivity contribution is 0.736. The first-order valence-corrected chi connectivity index (χ1v) is 15.2. The van der Waals surface area contributed by atoms with Gasteiger partial charge in [0.2, 0.25) is 0 Å². The Morgan fingerprint density at radius 2 is 0.825 bits per heavy atom. The highest BCUT2D eigenvalue weighted by Crippen LogP contribution is 2.22. The Bertz CT molecular complexity index is 1140. The molecule has 0 amide bonds. The van der Waals surface area contributed by atoms with Crippen LogP contribution in [0.4, 0.5) is 0 Å². The van der Waals surface area contributed by atoms with Gasteiger partial charge in [-0.2, -0.15) is 0 Å². The van der Waals surface area contributed by atoms with Crippen LogP contribution >= 0.6 is 0 Å². The molecule has 0 aliphatic heterocycles. The summed E-state index contributed by atoms with van der Waals surface area (Å²) in [7, 11) is 0. The second-order valence-corrected chi connectivity index (χ2v) is 12.5. The topological polar surface area (TPSA) is 0 Å². The summed E-state index contributed by atoms with van der Waals surface area (Å²) in [5, 5.41) is 0. The van der Waals surface area contributed by atoms with Gasteiger partial charge in [-0.3, -0.25) is 0 Å². The number of hydrogen-bond donors (Lipinski definition) is 0. The van der Waals surface area contributed by atoms with Crippen molar-refractivity contribution in [2.24, 2.45) is 11.8 Å². The van der Waals surface area contributed by atoms with E-state index in [4.69, 9.17) is 0 Å². The van der Waals surface area contributed by atoms with Crippen LogP contribution in [0.2, 0.25) is 0 Å². The summed E-state index contributed by atoms with van der Waals surface area (Å²) < 4.78 is 0. The third-order valence-corrected chi connectivity index (χ3v) is 5.78. The Hall–Kier alpha value is -3.12. The molecule has 4 rings (SSSR count). The van der Waals surface area contributed by atoms with Crippen LogP contribution in [0.3, 0.4) is 0 Å². The maximum absolute atomic E-state index is 2.32. The molecule has 0 N–H and O–H groups in total. The van der Waals surface area contributed by atoms with Gasteiger partial charge in [-0.25, -0.2) is 0 Å². The summed E-state index contributed by atoms with van der Waals surface area (Å²) in [4.78, 5) is 0. The normalized spacial score (nSPS) is 10.3. The van der Waals surface area contributed by atoms with Crippen LogP contribution in [0.25, 0.3) is 0 Å². The SMILES string of the molecule is CC(C)C.CC(C)C.CC(C)c1cccc(Cc2ccccc2)c1.CC(C)c1ccccc1Cc1ccccc1. The van der Waals surface area contributed by atoms with E-state index in [1.54, 1.807) is 0 Å². The Labute approximate surface area is 247 Å². The lowest BCUT2D eigenvalue weighted by atomic mass is 9.93. The van der Waals surface area contributed by atoms with Crippen LogP contribution in [0.5, 0.6) is 0 Å². The first-order chi connectivity index (χ1) is 19.0. The Balaban J connectivity index is 0.000000317. The maximum atomic E-state index is 2.32. The molecule has 0 nitrogen and oxygen atoms in total. The van der Waals surface area contributed by atoms with Crippen molar-refractivity contribution in [2.45, 2.75) is 93.9 Å². The third-order valence-electron chi connectivity index (χ3n) is 5.78. The lowest BCUT2D eigenvalue weighted by Crippen LogP contribution is -1.97. The fourth-order valence-electron chi connectivity index (χ4n) is 3.97. The molecule has 0 aliphatic rings.